The number of nitrogens with one attached hydrogen (secondary N) is 1. The van der Waals surface area contributed by atoms with Crippen molar-refractivity contribution < 1.29 is 4.21 Å². The first-order chi connectivity index (χ1) is 4.70. The van der Waals surface area contributed by atoms with Crippen molar-refractivity contribution in [1.29, 1.82) is 5.41 Å². The van der Waals surface area contributed by atoms with Crippen LogP contribution in [0.1, 0.15) is 6.92 Å². The van der Waals surface area contributed by atoms with Gasteiger partial charge in [-0.05, 0) is 6.92 Å². The summed E-state index contributed by atoms with van der Waals surface area (Å²) in [5.41, 5.74) is 0. The van der Waals surface area contributed by atoms with E-state index in [0.29, 0.717) is 5.84 Å². The molecule has 0 amide bonds. The zero-order chi connectivity index (χ0) is 7.56. The summed E-state index contributed by atoms with van der Waals surface area (Å²) in [4.78, 5) is 1.96. The van der Waals surface area contributed by atoms with Gasteiger partial charge in [0.25, 0.3) is 0 Å². The van der Waals surface area contributed by atoms with Gasteiger partial charge in [0.15, 0.2) is 0 Å². The summed E-state index contributed by atoms with van der Waals surface area (Å²) in [6, 6.07) is 0. The average molecular weight is 160 g/mol. The number of hydrogen-bond acceptors (Lipinski definition) is 2. The molecule has 1 saturated heterocycles. The Kier molecular flexibility index (Phi) is 2.43. The van der Waals surface area contributed by atoms with Crippen molar-refractivity contribution in [3.05, 3.63) is 0 Å². The second kappa shape index (κ2) is 3.14. The molecule has 0 aromatic heterocycles. The van der Waals surface area contributed by atoms with Gasteiger partial charge in [0.05, 0.1) is 5.84 Å². The maximum atomic E-state index is 10.8. The van der Waals surface area contributed by atoms with Gasteiger partial charge in [-0.15, -0.1) is 0 Å². The van der Waals surface area contributed by atoms with Crippen LogP contribution in [-0.2, 0) is 10.8 Å². The van der Waals surface area contributed by atoms with Crippen molar-refractivity contribution in [2.75, 3.05) is 24.6 Å². The summed E-state index contributed by atoms with van der Waals surface area (Å²) in [6.45, 7) is 3.36. The fraction of sp³-hybridized carbons (Fsp3) is 0.833. The maximum Gasteiger partial charge on any atom is 0.0926 e. The summed E-state index contributed by atoms with van der Waals surface area (Å²) in [5, 5.41) is 7.28. The van der Waals surface area contributed by atoms with E-state index in [1.165, 1.54) is 0 Å². The third kappa shape index (κ3) is 1.80. The molecule has 0 radical (unpaired) electrons. The van der Waals surface area contributed by atoms with Gasteiger partial charge in [0.2, 0.25) is 0 Å². The van der Waals surface area contributed by atoms with E-state index in [1.54, 1.807) is 6.92 Å². The standard InChI is InChI=1S/C6H12N2OS/c1-6(7)8-2-4-10(9)5-3-8/h7H,2-5H2,1H3. The van der Waals surface area contributed by atoms with Crippen molar-refractivity contribution >= 4 is 16.6 Å². The molecule has 3 nitrogen and oxygen atoms in total. The molecule has 0 unspecified atom stereocenters. The van der Waals surface area contributed by atoms with Crippen molar-refractivity contribution in [2.45, 2.75) is 6.92 Å². The molecule has 0 aliphatic carbocycles. The Morgan fingerprint density at radius 2 is 2.00 bits per heavy atom. The predicted octanol–water partition coefficient (Wildman–Crippen LogP) is 0.0479. The second-order valence-corrected chi connectivity index (χ2v) is 4.12. The summed E-state index contributed by atoms with van der Waals surface area (Å²) in [5.74, 6) is 2.06. The molecule has 0 aromatic carbocycles. The highest BCUT2D eigenvalue weighted by molar-refractivity contribution is 7.85. The highest BCUT2D eigenvalue weighted by Gasteiger charge is 2.14. The fourth-order valence-electron chi connectivity index (χ4n) is 0.973. The molecule has 1 rings (SSSR count). The first-order valence-corrected chi connectivity index (χ1v) is 4.84. The van der Waals surface area contributed by atoms with Crippen LogP contribution >= 0.6 is 0 Å². The number of hydrogen-bond donors (Lipinski definition) is 1. The van der Waals surface area contributed by atoms with E-state index >= 15 is 0 Å². The van der Waals surface area contributed by atoms with Crippen molar-refractivity contribution in [3.8, 4) is 0 Å². The minimum absolute atomic E-state index is 0.594. The molecular weight excluding hydrogens is 148 g/mol. The lowest BCUT2D eigenvalue weighted by atomic mass is 10.5. The summed E-state index contributed by atoms with van der Waals surface area (Å²) in [7, 11) is -0.616. The van der Waals surface area contributed by atoms with Gasteiger partial charge in [-0.1, -0.05) is 0 Å². The average Bonchev–Trinajstić information content (AvgIpc) is 1.88. The number of rotatable bonds is 0. The minimum atomic E-state index is -0.616. The highest BCUT2D eigenvalue weighted by Crippen LogP contribution is 1.99. The molecule has 1 N–H and O–H groups in total. The van der Waals surface area contributed by atoms with Gasteiger partial charge in [-0.2, -0.15) is 0 Å². The predicted molar refractivity (Wildman–Crippen MR) is 42.9 cm³/mol. The molecule has 58 valence electrons. The zero-order valence-corrected chi connectivity index (χ0v) is 6.91. The lowest BCUT2D eigenvalue weighted by molar-refractivity contribution is 0.450. The molecule has 10 heavy (non-hydrogen) atoms. The Bertz CT molecular complexity index is 159. The highest BCUT2D eigenvalue weighted by atomic mass is 32.2. The van der Waals surface area contributed by atoms with Crippen molar-refractivity contribution in [2.24, 2.45) is 0 Å². The van der Waals surface area contributed by atoms with Crippen molar-refractivity contribution in [1.82, 2.24) is 4.90 Å². The quantitative estimate of drug-likeness (QED) is 0.402. The van der Waals surface area contributed by atoms with Crippen LogP contribution in [0.25, 0.3) is 0 Å². The van der Waals surface area contributed by atoms with Gasteiger partial charge < -0.3 is 4.90 Å². The molecule has 0 aromatic rings. The van der Waals surface area contributed by atoms with Crippen molar-refractivity contribution in [3.63, 3.8) is 0 Å². The molecule has 0 spiro atoms. The summed E-state index contributed by atoms with van der Waals surface area (Å²) in [6.07, 6.45) is 0. The summed E-state index contributed by atoms with van der Waals surface area (Å²) < 4.78 is 10.8. The lowest BCUT2D eigenvalue weighted by Gasteiger charge is -2.26. The summed E-state index contributed by atoms with van der Waals surface area (Å²) >= 11 is 0. The van der Waals surface area contributed by atoms with E-state index in [4.69, 9.17) is 5.41 Å². The third-order valence-electron chi connectivity index (χ3n) is 1.65. The fourth-order valence-corrected chi connectivity index (χ4v) is 2.03. The van der Waals surface area contributed by atoms with Crippen LogP contribution < -0.4 is 0 Å². The third-order valence-corrected chi connectivity index (χ3v) is 2.93. The van der Waals surface area contributed by atoms with Crippen LogP contribution in [0.5, 0.6) is 0 Å². The Hall–Kier alpha value is -0.380. The Balaban J connectivity index is 2.40. The van der Waals surface area contributed by atoms with E-state index in [9.17, 15) is 4.21 Å². The molecule has 0 atom stereocenters. The van der Waals surface area contributed by atoms with Gasteiger partial charge in [-0.25, -0.2) is 0 Å². The van der Waals surface area contributed by atoms with Gasteiger partial charge in [0.1, 0.15) is 0 Å². The Morgan fingerprint density at radius 3 is 2.40 bits per heavy atom. The van der Waals surface area contributed by atoms with E-state index in [2.05, 4.69) is 0 Å². The van der Waals surface area contributed by atoms with Crippen LogP contribution in [0.15, 0.2) is 0 Å². The topological polar surface area (TPSA) is 44.2 Å². The molecule has 1 aliphatic rings. The Morgan fingerprint density at radius 1 is 1.50 bits per heavy atom. The van der Waals surface area contributed by atoms with Crippen LogP contribution in [0.4, 0.5) is 0 Å². The van der Waals surface area contributed by atoms with E-state index < -0.39 is 10.8 Å². The number of nitrogens with zero attached hydrogens (tertiary/aromatic N) is 1. The first kappa shape index (κ1) is 7.72. The van der Waals surface area contributed by atoms with Crippen LogP contribution in [0.3, 0.4) is 0 Å². The molecule has 1 aliphatic heterocycles. The normalized spacial score (nSPS) is 21.1. The van der Waals surface area contributed by atoms with Gasteiger partial charge in [-0.3, -0.25) is 9.62 Å². The zero-order valence-electron chi connectivity index (χ0n) is 6.09. The smallest absolute Gasteiger partial charge is 0.0926 e. The monoisotopic (exact) mass is 160 g/mol. The van der Waals surface area contributed by atoms with Crippen LogP contribution in [0.2, 0.25) is 0 Å². The maximum absolute atomic E-state index is 10.8. The van der Waals surface area contributed by atoms with E-state index in [0.717, 1.165) is 24.6 Å². The molecule has 0 saturated carbocycles. The molecule has 0 bridgehead atoms. The number of amidine groups is 1. The largest absolute Gasteiger partial charge is 0.359 e. The molecule has 1 fully saturated rings. The van der Waals surface area contributed by atoms with E-state index in [1.807, 2.05) is 4.90 Å². The Labute approximate surface area is 63.4 Å². The van der Waals surface area contributed by atoms with Crippen LogP contribution in [-0.4, -0.2) is 39.5 Å². The van der Waals surface area contributed by atoms with Gasteiger partial charge in [0, 0.05) is 35.4 Å². The molecule has 1 heterocycles. The molecule has 4 heteroatoms. The SMILES string of the molecule is CC(=N)N1CCS(=O)CC1. The minimum Gasteiger partial charge on any atom is -0.359 e. The second-order valence-electron chi connectivity index (χ2n) is 2.42. The van der Waals surface area contributed by atoms with Crippen LogP contribution in [0, 0.1) is 5.41 Å². The molecular formula is C6H12N2OS. The van der Waals surface area contributed by atoms with Gasteiger partial charge >= 0.3 is 0 Å². The first-order valence-electron chi connectivity index (χ1n) is 3.35. The lowest BCUT2D eigenvalue weighted by Crippen LogP contribution is -2.40. The van der Waals surface area contributed by atoms with E-state index in [-0.39, 0.29) is 0 Å².